The van der Waals surface area contributed by atoms with Gasteiger partial charge in [-0.1, -0.05) is 18.2 Å². The van der Waals surface area contributed by atoms with Crippen LogP contribution in [0.5, 0.6) is 0 Å². The summed E-state index contributed by atoms with van der Waals surface area (Å²) in [6.45, 7) is 4.06. The minimum absolute atomic E-state index is 0.403. The molecular weight excluding hydrogens is 318 g/mol. The first-order valence-corrected chi connectivity index (χ1v) is 8.17. The highest BCUT2D eigenvalue weighted by atomic mass is 16.3. The third kappa shape index (κ3) is 3.80. The molecule has 0 atom stereocenters. The van der Waals surface area contributed by atoms with Crippen molar-refractivity contribution in [1.82, 2.24) is 14.9 Å². The first kappa shape index (κ1) is 17.0. The minimum Gasteiger partial charge on any atom is -0.365 e. The zero-order chi connectivity index (χ0) is 17.6. The van der Waals surface area contributed by atoms with Crippen molar-refractivity contribution in [3.63, 3.8) is 0 Å². The van der Waals surface area contributed by atoms with E-state index in [4.69, 9.17) is 5.41 Å². The second kappa shape index (κ2) is 7.80. The third-order valence-electron chi connectivity index (χ3n) is 4.35. The van der Waals surface area contributed by atoms with E-state index in [0.717, 1.165) is 37.6 Å². The zero-order valence-corrected chi connectivity index (χ0v) is 14.1. The molecule has 2 aromatic rings. The Bertz CT molecular complexity index is 756. The van der Waals surface area contributed by atoms with Crippen LogP contribution in [-0.2, 0) is 6.54 Å². The number of benzene rings is 1. The summed E-state index contributed by atoms with van der Waals surface area (Å²) in [5, 5.41) is 14.0. The third-order valence-corrected chi connectivity index (χ3v) is 4.35. The van der Waals surface area contributed by atoms with Gasteiger partial charge < -0.3 is 20.5 Å². The average molecular weight is 339 g/mol. The number of rotatable bonds is 6. The van der Waals surface area contributed by atoms with Crippen molar-refractivity contribution < 1.29 is 0 Å². The maximum absolute atomic E-state index is 10.9. The SMILES string of the molecule is CN1CCN(c2ncnc(NCc3ccccc3N=O)c2C=N)CC1. The Balaban J connectivity index is 1.81. The van der Waals surface area contributed by atoms with Gasteiger partial charge in [0.05, 0.1) is 5.56 Å². The van der Waals surface area contributed by atoms with E-state index in [2.05, 4.69) is 37.3 Å². The largest absolute Gasteiger partial charge is 0.365 e. The van der Waals surface area contributed by atoms with Gasteiger partial charge in [-0.05, 0) is 18.3 Å². The number of nitrogens with one attached hydrogen (secondary N) is 2. The van der Waals surface area contributed by atoms with Crippen molar-refractivity contribution in [2.24, 2.45) is 5.18 Å². The highest BCUT2D eigenvalue weighted by molar-refractivity contribution is 5.91. The molecule has 2 N–H and O–H groups in total. The van der Waals surface area contributed by atoms with Crippen LogP contribution in [-0.4, -0.2) is 54.3 Å². The van der Waals surface area contributed by atoms with Crippen LogP contribution < -0.4 is 10.2 Å². The lowest BCUT2D eigenvalue weighted by Crippen LogP contribution is -2.45. The van der Waals surface area contributed by atoms with Gasteiger partial charge in [0.15, 0.2) is 0 Å². The van der Waals surface area contributed by atoms with Gasteiger partial charge >= 0.3 is 0 Å². The zero-order valence-electron chi connectivity index (χ0n) is 14.1. The Hall–Kier alpha value is -2.87. The normalized spacial score (nSPS) is 15.0. The second-order valence-electron chi connectivity index (χ2n) is 5.97. The maximum Gasteiger partial charge on any atom is 0.143 e. The second-order valence-corrected chi connectivity index (χ2v) is 5.97. The molecule has 25 heavy (non-hydrogen) atoms. The van der Waals surface area contributed by atoms with Crippen LogP contribution in [0.2, 0.25) is 0 Å². The van der Waals surface area contributed by atoms with E-state index < -0.39 is 0 Å². The standard InChI is InChI=1S/C17H21N7O/c1-23-6-8-24(9-7-23)17-14(10-18)16(20-12-21-17)19-11-13-4-2-3-5-15(13)22-25/h2-5,10,12,18H,6-9,11H2,1H3,(H,19,20,21). The number of hydrogen-bond acceptors (Lipinski definition) is 8. The number of anilines is 2. The molecule has 1 aromatic heterocycles. The molecule has 0 amide bonds. The molecule has 8 heteroatoms. The molecule has 1 fully saturated rings. The molecule has 0 spiro atoms. The smallest absolute Gasteiger partial charge is 0.143 e. The van der Waals surface area contributed by atoms with Crippen LogP contribution >= 0.6 is 0 Å². The van der Waals surface area contributed by atoms with Gasteiger partial charge in [0.25, 0.3) is 0 Å². The Morgan fingerprint density at radius 1 is 1.24 bits per heavy atom. The summed E-state index contributed by atoms with van der Waals surface area (Å²) >= 11 is 0. The van der Waals surface area contributed by atoms with Gasteiger partial charge in [0.1, 0.15) is 23.7 Å². The van der Waals surface area contributed by atoms with E-state index in [1.807, 2.05) is 12.1 Å². The molecule has 3 rings (SSSR count). The number of likely N-dealkylation sites (N-methyl/N-ethyl adjacent to an activating group) is 1. The van der Waals surface area contributed by atoms with E-state index in [-0.39, 0.29) is 0 Å². The molecule has 0 bridgehead atoms. The van der Waals surface area contributed by atoms with Gasteiger partial charge in [-0.2, -0.15) is 0 Å². The van der Waals surface area contributed by atoms with Crippen molar-refractivity contribution >= 4 is 23.5 Å². The van der Waals surface area contributed by atoms with Gasteiger partial charge in [-0.15, -0.1) is 4.91 Å². The monoisotopic (exact) mass is 339 g/mol. The Morgan fingerprint density at radius 2 is 2.00 bits per heavy atom. The number of hydrogen-bond donors (Lipinski definition) is 2. The van der Waals surface area contributed by atoms with Crippen LogP contribution in [0, 0.1) is 10.3 Å². The van der Waals surface area contributed by atoms with Crippen molar-refractivity contribution in [2.75, 3.05) is 43.4 Å². The summed E-state index contributed by atoms with van der Waals surface area (Å²) in [5.74, 6) is 1.35. The molecule has 1 aliphatic heterocycles. The molecule has 1 aromatic carbocycles. The molecule has 0 aliphatic carbocycles. The van der Waals surface area contributed by atoms with E-state index in [9.17, 15) is 4.91 Å². The predicted molar refractivity (Wildman–Crippen MR) is 98.9 cm³/mol. The summed E-state index contributed by atoms with van der Waals surface area (Å²) in [4.78, 5) is 24.0. The van der Waals surface area contributed by atoms with E-state index >= 15 is 0 Å². The summed E-state index contributed by atoms with van der Waals surface area (Å²) in [6.07, 6.45) is 2.78. The molecular formula is C17H21N7O. The van der Waals surface area contributed by atoms with Crippen LogP contribution in [0.3, 0.4) is 0 Å². The van der Waals surface area contributed by atoms with E-state index in [1.54, 1.807) is 12.1 Å². The van der Waals surface area contributed by atoms with Crippen molar-refractivity contribution in [3.05, 3.63) is 46.6 Å². The van der Waals surface area contributed by atoms with Crippen LogP contribution in [0.1, 0.15) is 11.1 Å². The van der Waals surface area contributed by atoms with Crippen molar-refractivity contribution in [1.29, 1.82) is 5.41 Å². The average Bonchev–Trinajstić information content (AvgIpc) is 2.66. The van der Waals surface area contributed by atoms with Gasteiger partial charge in [0.2, 0.25) is 0 Å². The highest BCUT2D eigenvalue weighted by Crippen LogP contribution is 2.24. The molecule has 0 saturated carbocycles. The molecule has 1 saturated heterocycles. The van der Waals surface area contributed by atoms with Crippen LogP contribution in [0.25, 0.3) is 0 Å². The summed E-state index contributed by atoms with van der Waals surface area (Å²) in [6, 6.07) is 7.16. The summed E-state index contributed by atoms with van der Waals surface area (Å²) in [5.41, 5.74) is 1.84. The maximum atomic E-state index is 10.9. The Kier molecular flexibility index (Phi) is 5.30. The fourth-order valence-electron chi connectivity index (χ4n) is 2.86. The fourth-order valence-corrected chi connectivity index (χ4v) is 2.86. The van der Waals surface area contributed by atoms with Crippen molar-refractivity contribution in [3.8, 4) is 0 Å². The lowest BCUT2D eigenvalue weighted by atomic mass is 10.1. The Labute approximate surface area is 146 Å². The van der Waals surface area contributed by atoms with Gasteiger partial charge in [-0.25, -0.2) is 9.97 Å². The first-order valence-electron chi connectivity index (χ1n) is 8.17. The summed E-state index contributed by atoms with van der Waals surface area (Å²) < 4.78 is 0. The van der Waals surface area contributed by atoms with Crippen LogP contribution in [0.4, 0.5) is 17.3 Å². The predicted octanol–water partition coefficient (Wildman–Crippen LogP) is 2.24. The minimum atomic E-state index is 0.403. The molecule has 8 nitrogen and oxygen atoms in total. The molecule has 0 radical (unpaired) electrons. The lowest BCUT2D eigenvalue weighted by molar-refractivity contribution is 0.312. The summed E-state index contributed by atoms with van der Waals surface area (Å²) in [7, 11) is 2.10. The molecule has 1 aliphatic rings. The quantitative estimate of drug-likeness (QED) is 0.619. The topological polar surface area (TPSA) is 97.6 Å². The van der Waals surface area contributed by atoms with Crippen LogP contribution in [0.15, 0.2) is 35.8 Å². The highest BCUT2D eigenvalue weighted by Gasteiger charge is 2.20. The molecule has 2 heterocycles. The van der Waals surface area contributed by atoms with E-state index in [1.165, 1.54) is 12.5 Å². The number of nitroso groups, excluding NO2 is 1. The lowest BCUT2D eigenvalue weighted by Gasteiger charge is -2.34. The number of aromatic nitrogens is 2. The Morgan fingerprint density at radius 3 is 2.72 bits per heavy atom. The number of nitrogens with zero attached hydrogens (tertiary/aromatic N) is 5. The first-order chi connectivity index (χ1) is 12.2. The fraction of sp³-hybridized carbons (Fsp3) is 0.353. The van der Waals surface area contributed by atoms with Gasteiger partial charge in [0, 0.05) is 44.5 Å². The molecule has 0 unspecified atom stereocenters. The number of piperazine rings is 1. The van der Waals surface area contributed by atoms with Crippen molar-refractivity contribution in [2.45, 2.75) is 6.54 Å². The van der Waals surface area contributed by atoms with E-state index in [0.29, 0.717) is 23.6 Å². The molecule has 130 valence electrons. The van der Waals surface area contributed by atoms with Gasteiger partial charge in [-0.3, -0.25) is 0 Å².